The smallest absolute Gasteiger partial charge is 0.221 e. The summed E-state index contributed by atoms with van der Waals surface area (Å²) in [7, 11) is 0. The van der Waals surface area contributed by atoms with E-state index in [0.717, 1.165) is 13.1 Å². The van der Waals surface area contributed by atoms with Crippen LogP contribution in [0.4, 0.5) is 0 Å². The van der Waals surface area contributed by atoms with Crippen molar-refractivity contribution >= 4 is 18.3 Å². The second kappa shape index (κ2) is 9.11. The number of aryl methyl sites for hydroxylation is 1. The molecular formula is C9H18ClN5O. The molecule has 0 saturated carbocycles. The average Bonchev–Trinajstić information content (AvgIpc) is 2.74. The molecule has 0 bridgehead atoms. The summed E-state index contributed by atoms with van der Waals surface area (Å²) < 4.78 is 1.64. The van der Waals surface area contributed by atoms with Crippen LogP contribution in [0.2, 0.25) is 0 Å². The molecule has 1 rings (SSSR count). The van der Waals surface area contributed by atoms with Gasteiger partial charge in [-0.05, 0) is 6.54 Å². The molecule has 0 saturated heterocycles. The van der Waals surface area contributed by atoms with Crippen molar-refractivity contribution in [2.24, 2.45) is 0 Å². The van der Waals surface area contributed by atoms with Crippen LogP contribution in [0.15, 0.2) is 12.4 Å². The Morgan fingerprint density at radius 2 is 2.25 bits per heavy atom. The lowest BCUT2D eigenvalue weighted by Gasteiger charge is -2.05. The van der Waals surface area contributed by atoms with Gasteiger partial charge in [-0.2, -0.15) is 0 Å². The second-order valence-electron chi connectivity index (χ2n) is 3.12. The van der Waals surface area contributed by atoms with Crippen molar-refractivity contribution in [3.63, 3.8) is 0 Å². The molecule has 1 aromatic rings. The number of likely N-dealkylation sites (N-methyl/N-ethyl adjacent to an activating group) is 1. The highest BCUT2D eigenvalue weighted by Crippen LogP contribution is 1.86. The predicted molar refractivity (Wildman–Crippen MR) is 63.4 cm³/mol. The van der Waals surface area contributed by atoms with Crippen molar-refractivity contribution in [1.29, 1.82) is 0 Å². The summed E-state index contributed by atoms with van der Waals surface area (Å²) in [4.78, 5) is 11.3. The van der Waals surface area contributed by atoms with Gasteiger partial charge in [0, 0.05) is 25.7 Å². The molecule has 0 unspecified atom stereocenters. The number of hydrogen-bond donors (Lipinski definition) is 2. The zero-order chi connectivity index (χ0) is 10.9. The second-order valence-corrected chi connectivity index (χ2v) is 3.12. The minimum atomic E-state index is 0. The van der Waals surface area contributed by atoms with E-state index < -0.39 is 0 Å². The number of carbonyl (C=O) groups excluding carboxylic acids is 1. The van der Waals surface area contributed by atoms with Crippen molar-refractivity contribution in [2.75, 3.05) is 19.6 Å². The minimum absolute atomic E-state index is 0. The molecule has 7 heteroatoms. The summed E-state index contributed by atoms with van der Waals surface area (Å²) >= 11 is 0. The predicted octanol–water partition coefficient (Wildman–Crippen LogP) is -0.184. The third kappa shape index (κ3) is 6.36. The quantitative estimate of drug-likeness (QED) is 0.656. The summed E-state index contributed by atoms with van der Waals surface area (Å²) in [5.74, 6) is 0.0448. The highest BCUT2D eigenvalue weighted by atomic mass is 35.5. The van der Waals surface area contributed by atoms with Crippen LogP contribution in [-0.4, -0.2) is 40.5 Å². The molecule has 1 heterocycles. The summed E-state index contributed by atoms with van der Waals surface area (Å²) in [5.41, 5.74) is 0. The third-order valence-corrected chi connectivity index (χ3v) is 1.91. The Bertz CT molecular complexity index is 277. The number of nitrogens with one attached hydrogen (secondary N) is 2. The van der Waals surface area contributed by atoms with Gasteiger partial charge in [0.2, 0.25) is 5.91 Å². The van der Waals surface area contributed by atoms with Gasteiger partial charge in [-0.25, -0.2) is 0 Å². The monoisotopic (exact) mass is 247 g/mol. The number of amides is 1. The maximum atomic E-state index is 11.3. The molecule has 0 aliphatic heterocycles. The Balaban J connectivity index is 0.00000225. The van der Waals surface area contributed by atoms with Crippen LogP contribution in [0.25, 0.3) is 0 Å². The van der Waals surface area contributed by atoms with E-state index in [2.05, 4.69) is 20.9 Å². The van der Waals surface area contributed by atoms with Crippen LogP contribution < -0.4 is 10.6 Å². The Kier molecular flexibility index (Phi) is 8.46. The van der Waals surface area contributed by atoms with Gasteiger partial charge in [-0.3, -0.25) is 9.48 Å². The fraction of sp³-hybridized carbons (Fsp3) is 0.667. The van der Waals surface area contributed by atoms with E-state index in [9.17, 15) is 4.79 Å². The number of carbonyl (C=O) groups is 1. The number of rotatable bonds is 7. The Morgan fingerprint density at radius 1 is 1.44 bits per heavy atom. The normalized spacial score (nSPS) is 9.56. The fourth-order valence-corrected chi connectivity index (χ4v) is 1.12. The Morgan fingerprint density at radius 3 is 2.88 bits per heavy atom. The van der Waals surface area contributed by atoms with Crippen LogP contribution in [0, 0.1) is 0 Å². The van der Waals surface area contributed by atoms with Gasteiger partial charge in [0.05, 0.1) is 12.7 Å². The van der Waals surface area contributed by atoms with Crippen LogP contribution >= 0.6 is 12.4 Å². The maximum absolute atomic E-state index is 11.3. The minimum Gasteiger partial charge on any atom is -0.355 e. The third-order valence-electron chi connectivity index (χ3n) is 1.91. The lowest BCUT2D eigenvalue weighted by molar-refractivity contribution is -0.121. The molecule has 6 nitrogen and oxygen atoms in total. The van der Waals surface area contributed by atoms with Gasteiger partial charge < -0.3 is 10.6 Å². The molecule has 2 N–H and O–H groups in total. The largest absolute Gasteiger partial charge is 0.355 e. The maximum Gasteiger partial charge on any atom is 0.221 e. The molecule has 0 aromatic carbocycles. The molecule has 0 atom stereocenters. The lowest BCUT2D eigenvalue weighted by atomic mass is 10.4. The van der Waals surface area contributed by atoms with E-state index in [0.29, 0.717) is 19.5 Å². The van der Waals surface area contributed by atoms with Crippen molar-refractivity contribution in [2.45, 2.75) is 19.9 Å². The van der Waals surface area contributed by atoms with Crippen molar-refractivity contribution in [3.05, 3.63) is 12.4 Å². The van der Waals surface area contributed by atoms with E-state index in [4.69, 9.17) is 0 Å². The first-order valence-corrected chi connectivity index (χ1v) is 5.14. The van der Waals surface area contributed by atoms with Crippen molar-refractivity contribution in [3.8, 4) is 0 Å². The van der Waals surface area contributed by atoms with Crippen molar-refractivity contribution in [1.82, 2.24) is 25.6 Å². The number of nitrogens with zero attached hydrogens (tertiary/aromatic N) is 3. The van der Waals surface area contributed by atoms with Gasteiger partial charge >= 0.3 is 0 Å². The van der Waals surface area contributed by atoms with Crippen LogP contribution in [0.1, 0.15) is 13.3 Å². The highest BCUT2D eigenvalue weighted by Gasteiger charge is 2.00. The molecule has 0 aliphatic carbocycles. The first-order chi connectivity index (χ1) is 7.33. The van der Waals surface area contributed by atoms with Gasteiger partial charge in [-0.1, -0.05) is 12.1 Å². The Hall–Kier alpha value is -1.14. The molecule has 1 amide bonds. The fourth-order valence-electron chi connectivity index (χ4n) is 1.12. The molecule has 92 valence electrons. The SMILES string of the molecule is CCNCCNC(=O)CCn1ccnn1.Cl. The van der Waals surface area contributed by atoms with E-state index in [1.165, 1.54) is 0 Å². The number of hydrogen-bond acceptors (Lipinski definition) is 4. The van der Waals surface area contributed by atoms with Gasteiger partial charge in [0.25, 0.3) is 0 Å². The van der Waals surface area contributed by atoms with E-state index in [1.54, 1.807) is 17.1 Å². The molecule has 0 spiro atoms. The highest BCUT2D eigenvalue weighted by molar-refractivity contribution is 5.85. The first-order valence-electron chi connectivity index (χ1n) is 5.14. The molecule has 1 aromatic heterocycles. The summed E-state index contributed by atoms with van der Waals surface area (Å²) in [6.07, 6.45) is 3.78. The lowest BCUT2D eigenvalue weighted by Crippen LogP contribution is -2.32. The van der Waals surface area contributed by atoms with Gasteiger partial charge in [0.1, 0.15) is 0 Å². The zero-order valence-electron chi connectivity index (χ0n) is 9.35. The molecule has 0 aliphatic rings. The molecule has 16 heavy (non-hydrogen) atoms. The first kappa shape index (κ1) is 14.9. The van der Waals surface area contributed by atoms with Crippen molar-refractivity contribution < 1.29 is 4.79 Å². The summed E-state index contributed by atoms with van der Waals surface area (Å²) in [5, 5.41) is 13.4. The summed E-state index contributed by atoms with van der Waals surface area (Å²) in [6.45, 7) is 5.02. The average molecular weight is 248 g/mol. The van der Waals surface area contributed by atoms with Gasteiger partial charge in [-0.15, -0.1) is 17.5 Å². The number of halogens is 1. The van der Waals surface area contributed by atoms with E-state index >= 15 is 0 Å². The molecular weight excluding hydrogens is 230 g/mol. The standard InChI is InChI=1S/C9H17N5O.ClH/c1-2-10-4-5-11-9(15)3-7-14-8-6-12-13-14;/h6,8,10H,2-5,7H2,1H3,(H,11,15);1H. The molecule has 0 fully saturated rings. The van der Waals surface area contributed by atoms with Gasteiger partial charge in [0.15, 0.2) is 0 Å². The Labute approximate surface area is 101 Å². The van der Waals surface area contributed by atoms with Crippen LogP contribution in [0.5, 0.6) is 0 Å². The zero-order valence-corrected chi connectivity index (χ0v) is 10.2. The van der Waals surface area contributed by atoms with Crippen LogP contribution in [0.3, 0.4) is 0 Å². The van der Waals surface area contributed by atoms with E-state index in [1.807, 2.05) is 6.92 Å². The molecule has 0 radical (unpaired) electrons. The topological polar surface area (TPSA) is 71.8 Å². The number of aromatic nitrogens is 3. The summed E-state index contributed by atoms with van der Waals surface area (Å²) in [6, 6.07) is 0. The van der Waals surface area contributed by atoms with E-state index in [-0.39, 0.29) is 18.3 Å². The van der Waals surface area contributed by atoms with Crippen LogP contribution in [-0.2, 0) is 11.3 Å².